The van der Waals surface area contributed by atoms with E-state index in [1.165, 1.54) is 5.34 Å². The lowest BCUT2D eigenvalue weighted by molar-refractivity contribution is 0.312. The summed E-state index contributed by atoms with van der Waals surface area (Å²) in [5.74, 6) is 0. The molecular weight excluding hydrogens is 238 g/mol. The zero-order chi connectivity index (χ0) is 10.3. The van der Waals surface area contributed by atoms with Crippen molar-refractivity contribution < 1.29 is 5.21 Å². The molecule has 0 bridgehead atoms. The van der Waals surface area contributed by atoms with Gasteiger partial charge < -0.3 is 16.3 Å². The van der Waals surface area contributed by atoms with E-state index in [4.69, 9.17) is 15.8 Å². The number of nitrogen functional groups attached to an aromatic ring is 1. The van der Waals surface area contributed by atoms with Crippen molar-refractivity contribution in [2.45, 2.75) is 0 Å². The SMILES string of the molecule is CNc1cc(Br)ccc1N.O=NO. The Bertz CT molecular complexity index is 280. The molecule has 0 saturated heterocycles. The van der Waals surface area contributed by atoms with E-state index in [2.05, 4.69) is 21.2 Å². The standard InChI is InChI=1S/C7H9BrN2.HNO2/c1-10-7-4-5(8)2-3-6(7)9;2-1-3/h2-4,10H,9H2,1H3;(H,2,3). The second kappa shape index (κ2) is 6.24. The molecule has 0 aromatic heterocycles. The summed E-state index contributed by atoms with van der Waals surface area (Å²) < 4.78 is 1.03. The average Bonchev–Trinajstić information content (AvgIpc) is 2.10. The first-order chi connectivity index (χ1) is 6.15. The van der Waals surface area contributed by atoms with Gasteiger partial charge in [0, 0.05) is 11.5 Å². The minimum Gasteiger partial charge on any atom is -0.397 e. The fourth-order valence-electron chi connectivity index (χ4n) is 0.745. The number of rotatable bonds is 1. The maximum atomic E-state index is 8.11. The molecule has 0 heterocycles. The van der Waals surface area contributed by atoms with E-state index < -0.39 is 0 Å². The molecule has 4 N–H and O–H groups in total. The molecule has 6 heteroatoms. The Morgan fingerprint density at radius 3 is 2.54 bits per heavy atom. The Kier molecular flexibility index (Phi) is 5.62. The molecule has 0 radical (unpaired) electrons. The Labute approximate surface area is 84.0 Å². The Morgan fingerprint density at radius 1 is 1.62 bits per heavy atom. The van der Waals surface area contributed by atoms with Crippen LogP contribution in [0.5, 0.6) is 0 Å². The summed E-state index contributed by atoms with van der Waals surface area (Å²) in [5, 5.41) is 10.9. The van der Waals surface area contributed by atoms with Crippen molar-refractivity contribution in [3.63, 3.8) is 0 Å². The third-order valence-electron chi connectivity index (χ3n) is 1.28. The molecule has 13 heavy (non-hydrogen) atoms. The van der Waals surface area contributed by atoms with Gasteiger partial charge in [0.25, 0.3) is 0 Å². The van der Waals surface area contributed by atoms with Gasteiger partial charge in [-0.3, -0.25) is 0 Å². The van der Waals surface area contributed by atoms with E-state index in [1.807, 2.05) is 25.2 Å². The number of nitrogens with two attached hydrogens (primary N) is 1. The summed E-state index contributed by atoms with van der Waals surface area (Å²) in [6.45, 7) is 0. The molecule has 0 amide bonds. The summed E-state index contributed by atoms with van der Waals surface area (Å²) in [6, 6.07) is 5.71. The van der Waals surface area contributed by atoms with Crippen LogP contribution in [-0.2, 0) is 0 Å². The number of hydrogen-bond acceptors (Lipinski definition) is 4. The fourth-order valence-corrected chi connectivity index (χ4v) is 1.11. The molecule has 0 spiro atoms. The lowest BCUT2D eigenvalue weighted by Gasteiger charge is -2.03. The van der Waals surface area contributed by atoms with Gasteiger partial charge in [-0.15, -0.1) is 4.91 Å². The number of nitrogens with one attached hydrogen (secondary N) is 1. The smallest absolute Gasteiger partial charge is 0.152 e. The Hall–Kier alpha value is -1.30. The van der Waals surface area contributed by atoms with Crippen molar-refractivity contribution in [2.75, 3.05) is 18.1 Å². The van der Waals surface area contributed by atoms with Crippen LogP contribution in [0.3, 0.4) is 0 Å². The summed E-state index contributed by atoms with van der Waals surface area (Å²) in [4.78, 5) is 8.11. The van der Waals surface area contributed by atoms with Gasteiger partial charge in [-0.2, -0.15) is 0 Å². The van der Waals surface area contributed by atoms with Crippen LogP contribution in [0.15, 0.2) is 28.0 Å². The largest absolute Gasteiger partial charge is 0.397 e. The van der Waals surface area contributed by atoms with Crippen LogP contribution in [-0.4, -0.2) is 12.3 Å². The average molecular weight is 248 g/mol. The number of nitrogens with zero attached hydrogens (tertiary/aromatic N) is 1. The third kappa shape index (κ3) is 4.32. The van der Waals surface area contributed by atoms with Crippen molar-refractivity contribution in [1.82, 2.24) is 0 Å². The van der Waals surface area contributed by atoms with Gasteiger partial charge in [0.15, 0.2) is 5.34 Å². The van der Waals surface area contributed by atoms with E-state index in [1.54, 1.807) is 0 Å². The van der Waals surface area contributed by atoms with E-state index >= 15 is 0 Å². The van der Waals surface area contributed by atoms with Crippen molar-refractivity contribution >= 4 is 27.3 Å². The normalized spacial score (nSPS) is 8.15. The monoisotopic (exact) mass is 247 g/mol. The highest BCUT2D eigenvalue weighted by Gasteiger charge is 1.94. The van der Waals surface area contributed by atoms with Crippen molar-refractivity contribution in [3.8, 4) is 0 Å². The maximum absolute atomic E-state index is 8.11. The summed E-state index contributed by atoms with van der Waals surface area (Å²) >= 11 is 3.34. The van der Waals surface area contributed by atoms with Crippen LogP contribution in [0, 0.1) is 4.91 Å². The van der Waals surface area contributed by atoms with Crippen LogP contribution >= 0.6 is 15.9 Å². The van der Waals surface area contributed by atoms with E-state index in [0.29, 0.717) is 0 Å². The number of anilines is 2. The number of halogens is 1. The van der Waals surface area contributed by atoms with Gasteiger partial charge in [0.05, 0.1) is 11.4 Å². The summed E-state index contributed by atoms with van der Waals surface area (Å²) in [6.07, 6.45) is 0. The zero-order valence-corrected chi connectivity index (χ0v) is 8.58. The molecule has 1 aromatic carbocycles. The van der Waals surface area contributed by atoms with Gasteiger partial charge in [0.2, 0.25) is 0 Å². The first kappa shape index (κ1) is 11.7. The molecule has 1 aromatic rings. The molecule has 0 aliphatic heterocycles. The highest BCUT2D eigenvalue weighted by molar-refractivity contribution is 9.10. The highest BCUT2D eigenvalue weighted by Crippen LogP contribution is 2.22. The summed E-state index contributed by atoms with van der Waals surface area (Å²) in [7, 11) is 1.85. The van der Waals surface area contributed by atoms with E-state index in [0.717, 1.165) is 15.8 Å². The maximum Gasteiger partial charge on any atom is 0.152 e. The van der Waals surface area contributed by atoms with Crippen molar-refractivity contribution in [1.29, 1.82) is 0 Å². The molecule has 0 atom stereocenters. The highest BCUT2D eigenvalue weighted by atomic mass is 79.9. The Balaban J connectivity index is 0.000000424. The van der Waals surface area contributed by atoms with Crippen LogP contribution in [0.1, 0.15) is 0 Å². The second-order valence-electron chi connectivity index (χ2n) is 2.06. The topological polar surface area (TPSA) is 87.7 Å². The molecule has 0 fully saturated rings. The van der Waals surface area contributed by atoms with Crippen LogP contribution < -0.4 is 11.1 Å². The molecular formula is C7H10BrN3O2. The first-order valence-electron chi connectivity index (χ1n) is 3.35. The van der Waals surface area contributed by atoms with Gasteiger partial charge >= 0.3 is 0 Å². The van der Waals surface area contributed by atoms with Gasteiger partial charge in [-0.05, 0) is 18.2 Å². The second-order valence-corrected chi connectivity index (χ2v) is 2.98. The Morgan fingerprint density at radius 2 is 2.15 bits per heavy atom. The minimum absolute atomic E-state index is 0.769. The van der Waals surface area contributed by atoms with Crippen LogP contribution in [0.25, 0.3) is 0 Å². The quantitative estimate of drug-likeness (QED) is 0.404. The molecule has 0 aliphatic carbocycles. The third-order valence-corrected chi connectivity index (χ3v) is 1.78. The lowest BCUT2D eigenvalue weighted by Crippen LogP contribution is -1.94. The predicted molar refractivity (Wildman–Crippen MR) is 55.7 cm³/mol. The first-order valence-corrected chi connectivity index (χ1v) is 4.14. The van der Waals surface area contributed by atoms with Gasteiger partial charge in [-0.1, -0.05) is 15.9 Å². The number of hydrogen-bond donors (Lipinski definition) is 3. The fraction of sp³-hybridized carbons (Fsp3) is 0.143. The molecule has 1 rings (SSSR count). The van der Waals surface area contributed by atoms with Crippen LogP contribution in [0.4, 0.5) is 11.4 Å². The minimum atomic E-state index is 0.769. The molecule has 0 aliphatic rings. The van der Waals surface area contributed by atoms with E-state index in [9.17, 15) is 0 Å². The number of benzene rings is 1. The molecule has 0 unspecified atom stereocenters. The van der Waals surface area contributed by atoms with Crippen molar-refractivity contribution in [3.05, 3.63) is 27.6 Å². The molecule has 5 nitrogen and oxygen atoms in total. The zero-order valence-electron chi connectivity index (χ0n) is 6.99. The molecule has 0 saturated carbocycles. The summed E-state index contributed by atoms with van der Waals surface area (Å²) in [5.41, 5.74) is 7.34. The van der Waals surface area contributed by atoms with E-state index in [-0.39, 0.29) is 0 Å². The lowest BCUT2D eigenvalue weighted by atomic mass is 10.3. The van der Waals surface area contributed by atoms with Crippen molar-refractivity contribution in [2.24, 2.45) is 5.34 Å². The van der Waals surface area contributed by atoms with Crippen LogP contribution in [0.2, 0.25) is 0 Å². The van der Waals surface area contributed by atoms with Gasteiger partial charge in [-0.25, -0.2) is 0 Å². The molecule has 72 valence electrons. The predicted octanol–water partition coefficient (Wildman–Crippen LogP) is 2.21. The van der Waals surface area contributed by atoms with Gasteiger partial charge in [0.1, 0.15) is 0 Å².